The van der Waals surface area contributed by atoms with Crippen molar-refractivity contribution in [1.82, 2.24) is 0 Å². The predicted molar refractivity (Wildman–Crippen MR) is 114 cm³/mol. The van der Waals surface area contributed by atoms with E-state index in [1.54, 1.807) is 6.07 Å². The fourth-order valence-corrected chi connectivity index (χ4v) is 6.91. The van der Waals surface area contributed by atoms with Crippen LogP contribution in [-0.4, -0.2) is 40.1 Å². The van der Waals surface area contributed by atoms with Gasteiger partial charge in [-0.2, -0.15) is 0 Å². The summed E-state index contributed by atoms with van der Waals surface area (Å²) in [6.07, 6.45) is 3.69. The molecule has 3 aliphatic rings. The van der Waals surface area contributed by atoms with Crippen LogP contribution in [-0.2, 0) is 6.42 Å². The van der Waals surface area contributed by atoms with Crippen molar-refractivity contribution in [1.29, 1.82) is 0 Å². The molecular formula is C25H31NO3. The molecule has 3 N–H and O–H groups in total. The van der Waals surface area contributed by atoms with Gasteiger partial charge in [-0.05, 0) is 67.2 Å². The van der Waals surface area contributed by atoms with Gasteiger partial charge in [0.15, 0.2) is 0 Å². The van der Waals surface area contributed by atoms with Crippen LogP contribution in [0.5, 0.6) is 5.75 Å². The maximum absolute atomic E-state index is 12.5. The molecule has 0 amide bonds. The molecule has 0 bridgehead atoms. The minimum absolute atomic E-state index is 0.103. The third-order valence-electron chi connectivity index (χ3n) is 8.54. The zero-order valence-corrected chi connectivity index (χ0v) is 17.3. The molecule has 6 atom stereocenters. The number of phenols is 1. The summed E-state index contributed by atoms with van der Waals surface area (Å²) in [5, 5.41) is 34.0. The summed E-state index contributed by atoms with van der Waals surface area (Å²) in [5.41, 5.74) is 1.94. The second kappa shape index (κ2) is 6.48. The van der Waals surface area contributed by atoms with E-state index >= 15 is 0 Å². The van der Waals surface area contributed by atoms with E-state index in [0.29, 0.717) is 18.0 Å². The first-order valence-electron chi connectivity index (χ1n) is 10.9. The smallest absolute Gasteiger partial charge is 0.138 e. The summed E-state index contributed by atoms with van der Waals surface area (Å²) >= 11 is 0. The zero-order valence-electron chi connectivity index (χ0n) is 17.3. The number of para-hydroxylation sites is 2. The molecule has 2 aromatic carbocycles. The number of aromatic hydroxyl groups is 1. The fraction of sp³-hybridized carbons (Fsp3) is 0.520. The van der Waals surface area contributed by atoms with Gasteiger partial charge in [-0.3, -0.25) is 0 Å². The number of aliphatic hydroxyl groups is 2. The molecule has 2 saturated carbocycles. The van der Waals surface area contributed by atoms with Crippen LogP contribution >= 0.6 is 0 Å². The van der Waals surface area contributed by atoms with E-state index in [0.717, 1.165) is 25.7 Å². The van der Waals surface area contributed by atoms with Gasteiger partial charge in [0.1, 0.15) is 5.75 Å². The Morgan fingerprint density at radius 3 is 2.55 bits per heavy atom. The number of benzene rings is 2. The van der Waals surface area contributed by atoms with Crippen LogP contribution in [0, 0.1) is 11.3 Å². The normalized spacial score (nSPS) is 38.1. The summed E-state index contributed by atoms with van der Waals surface area (Å²) in [6, 6.07) is 15.7. The van der Waals surface area contributed by atoms with E-state index in [-0.39, 0.29) is 17.7 Å². The Kier molecular flexibility index (Phi) is 4.24. The zero-order chi connectivity index (χ0) is 20.4. The second-order valence-electron chi connectivity index (χ2n) is 9.60. The number of nitrogens with zero attached hydrogens (tertiary/aromatic N) is 1. The number of aliphatic hydroxyl groups excluding tert-OH is 1. The molecule has 3 aliphatic carbocycles. The molecule has 0 aliphatic heterocycles. The number of likely N-dealkylation sites (N-methyl/N-ethyl adjacent to an activating group) is 1. The molecule has 4 heteroatoms. The van der Waals surface area contributed by atoms with Crippen LogP contribution in [0.4, 0.5) is 5.69 Å². The molecule has 0 aromatic heterocycles. The van der Waals surface area contributed by atoms with Crippen molar-refractivity contribution in [2.24, 2.45) is 11.3 Å². The van der Waals surface area contributed by atoms with Gasteiger partial charge in [-0.1, -0.05) is 43.3 Å². The van der Waals surface area contributed by atoms with Gasteiger partial charge in [0.2, 0.25) is 0 Å². The molecule has 4 nitrogen and oxygen atoms in total. The van der Waals surface area contributed by atoms with E-state index in [9.17, 15) is 15.3 Å². The van der Waals surface area contributed by atoms with Gasteiger partial charge in [-0.25, -0.2) is 0 Å². The highest BCUT2D eigenvalue weighted by Gasteiger charge is 2.69. The van der Waals surface area contributed by atoms with Crippen molar-refractivity contribution in [3.63, 3.8) is 0 Å². The standard InChI is InChI=1S/C25H31NO3/c1-24-14-13-18-17-8-4-3-7-16(17)11-12-19(18)25(24,29)22(15-23(24)28)26(2)20-9-5-6-10-21(20)27/h3-10,18-19,22-23,27-29H,11-15H2,1-2H3/t18-,19-,22-,23+,24-,25+/m1/s1. The number of fused-ring (bicyclic) bond motifs is 5. The summed E-state index contributed by atoms with van der Waals surface area (Å²) in [7, 11) is 1.94. The van der Waals surface area contributed by atoms with Crippen LogP contribution in [0.1, 0.15) is 49.7 Å². The van der Waals surface area contributed by atoms with Crippen LogP contribution in [0.25, 0.3) is 0 Å². The molecule has 0 unspecified atom stereocenters. The fourth-order valence-electron chi connectivity index (χ4n) is 6.91. The Morgan fingerprint density at radius 2 is 1.76 bits per heavy atom. The molecule has 2 aromatic rings. The number of anilines is 1. The molecule has 0 radical (unpaired) electrons. The highest BCUT2D eigenvalue weighted by Crippen LogP contribution is 2.64. The minimum atomic E-state index is -1.01. The molecule has 5 rings (SSSR count). The van der Waals surface area contributed by atoms with E-state index in [1.807, 2.05) is 30.1 Å². The molecular weight excluding hydrogens is 362 g/mol. The number of aryl methyl sites for hydroxylation is 1. The maximum Gasteiger partial charge on any atom is 0.138 e. The summed E-state index contributed by atoms with van der Waals surface area (Å²) in [4.78, 5) is 2.01. The maximum atomic E-state index is 12.5. The average molecular weight is 394 g/mol. The number of phenolic OH excluding ortho intramolecular Hbond substituents is 1. The van der Waals surface area contributed by atoms with Gasteiger partial charge in [0.25, 0.3) is 0 Å². The van der Waals surface area contributed by atoms with E-state index in [4.69, 9.17) is 0 Å². The molecule has 0 heterocycles. The van der Waals surface area contributed by atoms with Crippen molar-refractivity contribution in [3.05, 3.63) is 59.7 Å². The lowest BCUT2D eigenvalue weighted by Gasteiger charge is -2.58. The van der Waals surface area contributed by atoms with Gasteiger partial charge in [0, 0.05) is 12.5 Å². The molecule has 0 saturated heterocycles. The lowest BCUT2D eigenvalue weighted by molar-refractivity contribution is -0.168. The third-order valence-corrected chi connectivity index (χ3v) is 8.54. The molecule has 154 valence electrons. The minimum Gasteiger partial charge on any atom is -0.506 e. The predicted octanol–water partition coefficient (Wildman–Crippen LogP) is 3.84. The van der Waals surface area contributed by atoms with Crippen molar-refractivity contribution in [2.45, 2.75) is 62.7 Å². The van der Waals surface area contributed by atoms with E-state index in [1.165, 1.54) is 11.1 Å². The Balaban J connectivity index is 1.60. The quantitative estimate of drug-likeness (QED) is 0.725. The SMILES string of the molecule is CN(c1ccccc1O)[C@@H]1C[C@H](O)[C@@]2(C)CC[C@@H]3c4ccccc4CC[C@H]3[C@]12O. The lowest BCUT2D eigenvalue weighted by atomic mass is 9.52. The van der Waals surface area contributed by atoms with Crippen molar-refractivity contribution in [3.8, 4) is 5.75 Å². The van der Waals surface area contributed by atoms with Crippen molar-refractivity contribution < 1.29 is 15.3 Å². The third kappa shape index (κ3) is 2.45. The highest BCUT2D eigenvalue weighted by molar-refractivity contribution is 5.59. The first kappa shape index (κ1) is 19.0. The van der Waals surface area contributed by atoms with Crippen molar-refractivity contribution >= 4 is 5.69 Å². The molecule has 2 fully saturated rings. The van der Waals surface area contributed by atoms with Gasteiger partial charge < -0.3 is 20.2 Å². The Hall–Kier alpha value is -2.04. The largest absolute Gasteiger partial charge is 0.506 e. The van der Waals surface area contributed by atoms with Crippen LogP contribution in [0.3, 0.4) is 0 Å². The Bertz CT molecular complexity index is 930. The Morgan fingerprint density at radius 1 is 1.03 bits per heavy atom. The van der Waals surface area contributed by atoms with Crippen LogP contribution < -0.4 is 4.90 Å². The molecule has 0 spiro atoms. The topological polar surface area (TPSA) is 63.9 Å². The summed E-state index contributed by atoms with van der Waals surface area (Å²) < 4.78 is 0. The van der Waals surface area contributed by atoms with E-state index in [2.05, 4.69) is 31.2 Å². The van der Waals surface area contributed by atoms with Crippen molar-refractivity contribution in [2.75, 3.05) is 11.9 Å². The van der Waals surface area contributed by atoms with Gasteiger partial charge in [-0.15, -0.1) is 0 Å². The Labute approximate surface area is 172 Å². The van der Waals surface area contributed by atoms with Gasteiger partial charge >= 0.3 is 0 Å². The van der Waals surface area contributed by atoms with E-state index < -0.39 is 17.1 Å². The number of hydrogen-bond donors (Lipinski definition) is 3. The summed E-state index contributed by atoms with van der Waals surface area (Å²) in [6.45, 7) is 2.08. The van der Waals surface area contributed by atoms with Crippen LogP contribution in [0.15, 0.2) is 48.5 Å². The summed E-state index contributed by atoms with van der Waals surface area (Å²) in [5.74, 6) is 0.637. The monoisotopic (exact) mass is 393 g/mol. The van der Waals surface area contributed by atoms with Gasteiger partial charge in [0.05, 0.1) is 23.4 Å². The number of hydrogen-bond acceptors (Lipinski definition) is 4. The number of rotatable bonds is 2. The first-order chi connectivity index (χ1) is 13.9. The molecule has 29 heavy (non-hydrogen) atoms. The highest BCUT2D eigenvalue weighted by atomic mass is 16.3. The first-order valence-corrected chi connectivity index (χ1v) is 10.9. The lowest BCUT2D eigenvalue weighted by Crippen LogP contribution is -2.64. The second-order valence-corrected chi connectivity index (χ2v) is 9.60. The van der Waals surface area contributed by atoms with Crippen LogP contribution in [0.2, 0.25) is 0 Å². The average Bonchev–Trinajstić information content (AvgIpc) is 2.94.